The van der Waals surface area contributed by atoms with Crippen molar-refractivity contribution < 1.29 is 18.0 Å². The van der Waals surface area contributed by atoms with Gasteiger partial charge in [0.25, 0.3) is 0 Å². The largest absolute Gasteiger partial charge is 0.416 e. The summed E-state index contributed by atoms with van der Waals surface area (Å²) in [6, 6.07) is 2.08. The Labute approximate surface area is 111 Å². The highest BCUT2D eigenvalue weighted by Crippen LogP contribution is 2.33. The molecule has 0 aromatic heterocycles. The van der Waals surface area contributed by atoms with Gasteiger partial charge in [-0.25, -0.2) is 0 Å². The molecule has 94 valence electrons. The van der Waals surface area contributed by atoms with Crippen molar-refractivity contribution in [1.82, 2.24) is 0 Å². The highest BCUT2D eigenvalue weighted by Gasteiger charge is 2.31. The summed E-state index contributed by atoms with van der Waals surface area (Å²) in [6.45, 7) is 3.09. The van der Waals surface area contributed by atoms with Gasteiger partial charge in [-0.15, -0.1) is 0 Å². The molecule has 17 heavy (non-hydrogen) atoms. The van der Waals surface area contributed by atoms with E-state index < -0.39 is 11.7 Å². The summed E-state index contributed by atoms with van der Waals surface area (Å²) in [5, 5.41) is 2.59. The summed E-state index contributed by atoms with van der Waals surface area (Å²) in [5.74, 6) is -0.225. The van der Waals surface area contributed by atoms with Crippen molar-refractivity contribution in [2.45, 2.75) is 20.0 Å². The Morgan fingerprint density at radius 2 is 1.76 bits per heavy atom. The number of nitrogens with one attached hydrogen (secondary N) is 1. The summed E-state index contributed by atoms with van der Waals surface area (Å²) in [5.41, 5.74) is 0.589. The molecular weight excluding hydrogens is 346 g/mol. The summed E-state index contributed by atoms with van der Waals surface area (Å²) in [7, 11) is 0. The molecule has 0 aliphatic rings. The minimum absolute atomic E-state index is 0.225. The molecule has 0 saturated heterocycles. The first-order valence-electron chi connectivity index (χ1n) is 4.80. The lowest BCUT2D eigenvalue weighted by molar-refractivity contribution is -0.137. The van der Waals surface area contributed by atoms with Gasteiger partial charge in [0.2, 0.25) is 5.91 Å². The van der Waals surface area contributed by atoms with Crippen molar-refractivity contribution in [3.8, 4) is 0 Å². The van der Waals surface area contributed by atoms with Gasteiger partial charge < -0.3 is 5.32 Å². The van der Waals surface area contributed by atoms with Crippen LogP contribution in [0.2, 0.25) is 0 Å². The number of aryl methyl sites for hydroxylation is 2. The molecule has 0 radical (unpaired) electrons. The SMILES string of the molecule is Cc1cc(C(F)(F)F)cc(C)c1NC(=O)CI. The average Bonchev–Trinajstić information content (AvgIpc) is 2.21. The Morgan fingerprint density at radius 3 is 2.12 bits per heavy atom. The predicted octanol–water partition coefficient (Wildman–Crippen LogP) is 3.70. The first-order chi connectivity index (χ1) is 7.75. The van der Waals surface area contributed by atoms with Gasteiger partial charge in [0, 0.05) is 5.69 Å². The van der Waals surface area contributed by atoms with Crippen LogP contribution < -0.4 is 5.32 Å². The second-order valence-corrected chi connectivity index (χ2v) is 4.43. The van der Waals surface area contributed by atoms with Crippen LogP contribution >= 0.6 is 22.6 Å². The molecule has 2 nitrogen and oxygen atoms in total. The number of carbonyl (C=O) groups is 1. The molecule has 0 fully saturated rings. The van der Waals surface area contributed by atoms with E-state index in [1.165, 1.54) is 0 Å². The molecule has 0 saturated carbocycles. The van der Waals surface area contributed by atoms with Crippen molar-refractivity contribution in [1.29, 1.82) is 0 Å². The minimum atomic E-state index is -4.36. The molecule has 1 amide bonds. The van der Waals surface area contributed by atoms with Crippen LogP contribution in [0.5, 0.6) is 0 Å². The van der Waals surface area contributed by atoms with E-state index in [1.807, 2.05) is 22.6 Å². The number of amides is 1. The summed E-state index contributed by atoms with van der Waals surface area (Å²) in [4.78, 5) is 11.2. The standard InChI is InChI=1S/C11H11F3INO/c1-6-3-8(11(12,13)14)4-7(2)10(6)16-9(17)5-15/h3-4H,5H2,1-2H3,(H,16,17). The van der Waals surface area contributed by atoms with E-state index in [0.717, 1.165) is 12.1 Å². The van der Waals surface area contributed by atoms with Crippen molar-refractivity contribution >= 4 is 34.2 Å². The van der Waals surface area contributed by atoms with Crippen molar-refractivity contribution in [2.75, 3.05) is 9.74 Å². The smallest absolute Gasteiger partial charge is 0.325 e. The average molecular weight is 357 g/mol. The molecule has 0 aliphatic carbocycles. The number of benzene rings is 1. The van der Waals surface area contributed by atoms with Crippen molar-refractivity contribution in [2.24, 2.45) is 0 Å². The van der Waals surface area contributed by atoms with Gasteiger partial charge in [0.05, 0.1) is 9.99 Å². The lowest BCUT2D eigenvalue weighted by Gasteiger charge is -2.14. The van der Waals surface area contributed by atoms with Gasteiger partial charge >= 0.3 is 6.18 Å². The van der Waals surface area contributed by atoms with E-state index in [0.29, 0.717) is 16.8 Å². The third-order valence-corrected chi connectivity index (χ3v) is 2.94. The van der Waals surface area contributed by atoms with Crippen LogP contribution in [-0.4, -0.2) is 10.3 Å². The van der Waals surface area contributed by atoms with Crippen LogP contribution in [0.3, 0.4) is 0 Å². The minimum Gasteiger partial charge on any atom is -0.325 e. The topological polar surface area (TPSA) is 29.1 Å². The Hall–Kier alpha value is -0.790. The van der Waals surface area contributed by atoms with E-state index in [4.69, 9.17) is 0 Å². The fourth-order valence-corrected chi connectivity index (χ4v) is 1.69. The van der Waals surface area contributed by atoms with Crippen LogP contribution in [0.4, 0.5) is 18.9 Å². The molecule has 0 heterocycles. The molecule has 1 aromatic carbocycles. The van der Waals surface area contributed by atoms with Crippen LogP contribution in [0.1, 0.15) is 16.7 Å². The zero-order chi connectivity index (χ0) is 13.2. The van der Waals surface area contributed by atoms with E-state index in [-0.39, 0.29) is 10.3 Å². The van der Waals surface area contributed by atoms with Gasteiger partial charge in [0.15, 0.2) is 0 Å². The van der Waals surface area contributed by atoms with E-state index >= 15 is 0 Å². The van der Waals surface area contributed by atoms with Gasteiger partial charge in [-0.05, 0) is 37.1 Å². The van der Waals surface area contributed by atoms with Crippen LogP contribution in [-0.2, 0) is 11.0 Å². The first kappa shape index (κ1) is 14.3. The first-order valence-corrected chi connectivity index (χ1v) is 6.32. The number of hydrogen-bond acceptors (Lipinski definition) is 1. The summed E-state index contributed by atoms with van der Waals surface area (Å²) >= 11 is 1.89. The number of hydrogen-bond donors (Lipinski definition) is 1. The van der Waals surface area contributed by atoms with Crippen molar-refractivity contribution in [3.63, 3.8) is 0 Å². The number of anilines is 1. The maximum atomic E-state index is 12.5. The summed E-state index contributed by atoms with van der Waals surface area (Å²) in [6.07, 6.45) is -4.36. The fourth-order valence-electron chi connectivity index (χ4n) is 1.50. The normalized spacial score (nSPS) is 11.4. The molecule has 1 N–H and O–H groups in total. The van der Waals surface area contributed by atoms with E-state index in [9.17, 15) is 18.0 Å². The third-order valence-electron chi connectivity index (χ3n) is 2.25. The number of rotatable bonds is 2. The second kappa shape index (κ2) is 5.24. The Bertz CT molecular complexity index is 420. The maximum Gasteiger partial charge on any atom is 0.416 e. The lowest BCUT2D eigenvalue weighted by atomic mass is 10.0. The fraction of sp³-hybridized carbons (Fsp3) is 0.364. The lowest BCUT2D eigenvalue weighted by Crippen LogP contribution is -2.15. The molecule has 0 aliphatic heterocycles. The molecule has 1 aromatic rings. The molecule has 0 atom stereocenters. The number of alkyl halides is 4. The predicted molar refractivity (Wildman–Crippen MR) is 68.4 cm³/mol. The zero-order valence-electron chi connectivity index (χ0n) is 9.28. The third kappa shape index (κ3) is 3.58. The molecular formula is C11H11F3INO. The van der Waals surface area contributed by atoms with E-state index in [1.54, 1.807) is 13.8 Å². The van der Waals surface area contributed by atoms with E-state index in [2.05, 4.69) is 5.32 Å². The van der Waals surface area contributed by atoms with Gasteiger partial charge in [0.1, 0.15) is 0 Å². The zero-order valence-corrected chi connectivity index (χ0v) is 11.4. The Morgan fingerprint density at radius 1 is 1.29 bits per heavy atom. The van der Waals surface area contributed by atoms with Crippen LogP contribution in [0, 0.1) is 13.8 Å². The molecule has 0 spiro atoms. The highest BCUT2D eigenvalue weighted by molar-refractivity contribution is 14.1. The molecule has 0 unspecified atom stereocenters. The van der Waals surface area contributed by atoms with Gasteiger partial charge in [-0.3, -0.25) is 4.79 Å². The number of carbonyl (C=O) groups excluding carboxylic acids is 1. The van der Waals surface area contributed by atoms with Crippen LogP contribution in [0.15, 0.2) is 12.1 Å². The quantitative estimate of drug-likeness (QED) is 0.635. The summed E-state index contributed by atoms with van der Waals surface area (Å²) < 4.78 is 37.8. The molecule has 0 bridgehead atoms. The molecule has 6 heteroatoms. The Kier molecular flexibility index (Phi) is 4.40. The van der Waals surface area contributed by atoms with Gasteiger partial charge in [-0.1, -0.05) is 22.6 Å². The van der Waals surface area contributed by atoms with Gasteiger partial charge in [-0.2, -0.15) is 13.2 Å². The number of halogens is 4. The van der Waals surface area contributed by atoms with Crippen LogP contribution in [0.25, 0.3) is 0 Å². The molecule has 1 rings (SSSR count). The monoisotopic (exact) mass is 357 g/mol. The highest BCUT2D eigenvalue weighted by atomic mass is 127. The second-order valence-electron chi connectivity index (χ2n) is 3.66. The maximum absolute atomic E-state index is 12.5. The van der Waals surface area contributed by atoms with Crippen molar-refractivity contribution in [3.05, 3.63) is 28.8 Å². The Balaban J connectivity index is 3.15.